The number of nitrogens with one attached hydrogen (secondary N) is 2. The highest BCUT2D eigenvalue weighted by molar-refractivity contribution is 9.10. The van der Waals surface area contributed by atoms with E-state index in [9.17, 15) is 0 Å². The van der Waals surface area contributed by atoms with E-state index in [1.165, 1.54) is 31.2 Å². The zero-order valence-electron chi connectivity index (χ0n) is 12.5. The second-order valence-corrected chi connectivity index (χ2v) is 6.60. The van der Waals surface area contributed by atoms with Crippen molar-refractivity contribution in [2.45, 2.75) is 44.3 Å². The summed E-state index contributed by atoms with van der Waals surface area (Å²) in [6, 6.07) is 11.7. The Morgan fingerprint density at radius 3 is 2.36 bits per heavy atom. The zero-order chi connectivity index (χ0) is 15.2. The van der Waals surface area contributed by atoms with Gasteiger partial charge in [-0.2, -0.15) is 0 Å². The van der Waals surface area contributed by atoms with Crippen molar-refractivity contribution in [3.63, 3.8) is 0 Å². The van der Waals surface area contributed by atoms with E-state index in [0.717, 1.165) is 17.0 Å². The van der Waals surface area contributed by atoms with E-state index < -0.39 is 0 Å². The molecule has 5 heteroatoms. The van der Waals surface area contributed by atoms with Gasteiger partial charge in [0, 0.05) is 18.6 Å². The molecule has 0 bridgehead atoms. The fourth-order valence-corrected chi connectivity index (χ4v) is 3.10. The monoisotopic (exact) mass is 360 g/mol. The van der Waals surface area contributed by atoms with Gasteiger partial charge in [-0.3, -0.25) is 0 Å². The molecular weight excluding hydrogens is 340 g/mol. The first-order chi connectivity index (χ1) is 10.8. The number of aromatic nitrogens is 2. The van der Waals surface area contributed by atoms with Crippen LogP contribution in [0.4, 0.5) is 5.82 Å². The molecule has 3 rings (SSSR count). The summed E-state index contributed by atoms with van der Waals surface area (Å²) in [5.41, 5.74) is 1.35. The lowest BCUT2D eigenvalue weighted by Crippen LogP contribution is -2.36. The molecule has 0 spiro atoms. The SMILES string of the molecule is Brc1cnc(NC2CCC(NCc3ccccc3)CC2)cn1. The molecule has 0 radical (unpaired) electrons. The van der Waals surface area contributed by atoms with Gasteiger partial charge in [0.1, 0.15) is 10.4 Å². The van der Waals surface area contributed by atoms with Crippen molar-refractivity contribution in [2.75, 3.05) is 5.32 Å². The molecule has 1 aromatic carbocycles. The summed E-state index contributed by atoms with van der Waals surface area (Å²) >= 11 is 3.31. The first-order valence-electron chi connectivity index (χ1n) is 7.81. The first kappa shape index (κ1) is 15.4. The van der Waals surface area contributed by atoms with Crippen molar-refractivity contribution in [3.8, 4) is 0 Å². The Morgan fingerprint density at radius 2 is 1.68 bits per heavy atom. The summed E-state index contributed by atoms with van der Waals surface area (Å²) in [6.07, 6.45) is 8.26. The molecule has 1 aromatic heterocycles. The summed E-state index contributed by atoms with van der Waals surface area (Å²) in [5, 5.41) is 7.15. The highest BCUT2D eigenvalue weighted by Gasteiger charge is 2.20. The Kier molecular flexibility index (Phi) is 5.40. The van der Waals surface area contributed by atoms with Crippen LogP contribution in [-0.4, -0.2) is 22.1 Å². The molecule has 0 saturated heterocycles. The van der Waals surface area contributed by atoms with Gasteiger partial charge in [0.05, 0.1) is 12.4 Å². The Bertz CT molecular complexity index is 565. The molecule has 0 amide bonds. The van der Waals surface area contributed by atoms with Crippen LogP contribution in [0.2, 0.25) is 0 Å². The minimum absolute atomic E-state index is 0.505. The molecule has 1 aliphatic rings. The molecule has 4 nitrogen and oxygen atoms in total. The van der Waals surface area contributed by atoms with Gasteiger partial charge in [-0.15, -0.1) is 0 Å². The maximum absolute atomic E-state index is 4.33. The number of benzene rings is 1. The van der Waals surface area contributed by atoms with E-state index >= 15 is 0 Å². The van der Waals surface area contributed by atoms with Gasteiger partial charge in [0.2, 0.25) is 0 Å². The highest BCUT2D eigenvalue weighted by Crippen LogP contribution is 2.22. The van der Waals surface area contributed by atoms with Gasteiger partial charge in [-0.1, -0.05) is 30.3 Å². The first-order valence-corrected chi connectivity index (χ1v) is 8.60. The largest absolute Gasteiger partial charge is 0.366 e. The van der Waals surface area contributed by atoms with Gasteiger partial charge < -0.3 is 10.6 Å². The third-order valence-electron chi connectivity index (χ3n) is 4.14. The van der Waals surface area contributed by atoms with Crippen molar-refractivity contribution in [1.82, 2.24) is 15.3 Å². The standard InChI is InChI=1S/C17H21BrN4/c18-16-11-21-17(12-20-16)22-15-8-6-14(7-9-15)19-10-13-4-2-1-3-5-13/h1-5,11-12,14-15,19H,6-10H2,(H,21,22). The van der Waals surface area contributed by atoms with Gasteiger partial charge in [-0.05, 0) is 47.2 Å². The van der Waals surface area contributed by atoms with Crippen LogP contribution in [0.15, 0.2) is 47.3 Å². The van der Waals surface area contributed by atoms with Crippen LogP contribution in [0.5, 0.6) is 0 Å². The molecule has 1 fully saturated rings. The molecular formula is C17H21BrN4. The molecule has 1 heterocycles. The summed E-state index contributed by atoms with van der Waals surface area (Å²) in [6.45, 7) is 0.960. The number of hydrogen-bond acceptors (Lipinski definition) is 4. The van der Waals surface area contributed by atoms with Crippen LogP contribution in [0.25, 0.3) is 0 Å². The van der Waals surface area contributed by atoms with Gasteiger partial charge in [-0.25, -0.2) is 9.97 Å². The summed E-state index contributed by atoms with van der Waals surface area (Å²) < 4.78 is 0.770. The third kappa shape index (κ3) is 4.52. The molecule has 116 valence electrons. The maximum Gasteiger partial charge on any atom is 0.144 e. The lowest BCUT2D eigenvalue weighted by molar-refractivity contribution is 0.352. The quantitative estimate of drug-likeness (QED) is 0.852. The Morgan fingerprint density at radius 1 is 0.955 bits per heavy atom. The molecule has 0 aliphatic heterocycles. The van der Waals surface area contributed by atoms with E-state index in [1.54, 1.807) is 12.4 Å². The molecule has 1 saturated carbocycles. The van der Waals surface area contributed by atoms with Crippen LogP contribution >= 0.6 is 15.9 Å². The van der Waals surface area contributed by atoms with Crippen LogP contribution in [0.3, 0.4) is 0 Å². The van der Waals surface area contributed by atoms with Gasteiger partial charge in [0.25, 0.3) is 0 Å². The number of anilines is 1. The summed E-state index contributed by atoms with van der Waals surface area (Å²) in [7, 11) is 0. The predicted molar refractivity (Wildman–Crippen MR) is 92.7 cm³/mol. The van der Waals surface area contributed by atoms with E-state index in [0.29, 0.717) is 12.1 Å². The van der Waals surface area contributed by atoms with E-state index in [-0.39, 0.29) is 0 Å². The number of hydrogen-bond donors (Lipinski definition) is 2. The third-order valence-corrected chi connectivity index (χ3v) is 4.55. The van der Waals surface area contributed by atoms with E-state index in [4.69, 9.17) is 0 Å². The van der Waals surface area contributed by atoms with Crippen molar-refractivity contribution in [1.29, 1.82) is 0 Å². The average Bonchev–Trinajstić information content (AvgIpc) is 2.57. The van der Waals surface area contributed by atoms with Crippen LogP contribution in [0.1, 0.15) is 31.2 Å². The summed E-state index contributed by atoms with van der Waals surface area (Å²) in [5.74, 6) is 0.865. The van der Waals surface area contributed by atoms with E-state index in [2.05, 4.69) is 66.9 Å². The van der Waals surface area contributed by atoms with Crippen molar-refractivity contribution in [3.05, 3.63) is 52.9 Å². The predicted octanol–water partition coefficient (Wildman–Crippen LogP) is 3.75. The molecule has 0 atom stereocenters. The minimum atomic E-state index is 0.505. The second kappa shape index (κ2) is 7.70. The lowest BCUT2D eigenvalue weighted by atomic mass is 9.91. The average molecular weight is 361 g/mol. The van der Waals surface area contributed by atoms with Crippen molar-refractivity contribution < 1.29 is 0 Å². The van der Waals surface area contributed by atoms with Crippen LogP contribution < -0.4 is 10.6 Å². The molecule has 2 aromatic rings. The fourth-order valence-electron chi connectivity index (χ4n) is 2.90. The Labute approximate surface area is 139 Å². The smallest absolute Gasteiger partial charge is 0.144 e. The molecule has 0 unspecified atom stereocenters. The van der Waals surface area contributed by atoms with Crippen LogP contribution in [-0.2, 0) is 6.54 Å². The second-order valence-electron chi connectivity index (χ2n) is 5.78. The fraction of sp³-hybridized carbons (Fsp3) is 0.412. The number of nitrogens with zero attached hydrogens (tertiary/aromatic N) is 2. The topological polar surface area (TPSA) is 49.8 Å². The van der Waals surface area contributed by atoms with Crippen molar-refractivity contribution in [2.24, 2.45) is 0 Å². The van der Waals surface area contributed by atoms with Gasteiger partial charge >= 0.3 is 0 Å². The van der Waals surface area contributed by atoms with E-state index in [1.807, 2.05) is 0 Å². The van der Waals surface area contributed by atoms with Crippen molar-refractivity contribution >= 4 is 21.7 Å². The highest BCUT2D eigenvalue weighted by atomic mass is 79.9. The molecule has 2 N–H and O–H groups in total. The molecule has 1 aliphatic carbocycles. The van der Waals surface area contributed by atoms with Gasteiger partial charge in [0.15, 0.2) is 0 Å². The minimum Gasteiger partial charge on any atom is -0.366 e. The number of halogens is 1. The molecule has 22 heavy (non-hydrogen) atoms. The summed E-state index contributed by atoms with van der Waals surface area (Å²) in [4.78, 5) is 8.53. The zero-order valence-corrected chi connectivity index (χ0v) is 14.1. The normalized spacial score (nSPS) is 21.5. The number of rotatable bonds is 5. The maximum atomic E-state index is 4.33. The lowest BCUT2D eigenvalue weighted by Gasteiger charge is -2.30. The Hall–Kier alpha value is -1.46. The van der Waals surface area contributed by atoms with Crippen LogP contribution in [0, 0.1) is 0 Å². The Balaban J connectivity index is 1.41.